The Kier molecular flexibility index (Phi) is 15.2. The van der Waals surface area contributed by atoms with Gasteiger partial charge in [0.15, 0.2) is 0 Å². The van der Waals surface area contributed by atoms with Crippen molar-refractivity contribution in [3.05, 3.63) is 25.3 Å². The topological polar surface area (TPSA) is 94.8 Å². The van der Waals surface area contributed by atoms with Crippen LogP contribution >= 0.6 is 0 Å². The molecule has 0 aliphatic carbocycles. The molecule has 0 aromatic heterocycles. The third-order valence-electron chi connectivity index (χ3n) is 1.21. The van der Waals surface area contributed by atoms with Gasteiger partial charge in [0.1, 0.15) is 0 Å². The molecule has 0 aliphatic heterocycles. The average Bonchev–Trinajstić information content (AvgIpc) is 2.17. The summed E-state index contributed by atoms with van der Waals surface area (Å²) in [5, 5.41) is 23.6. The first-order valence-corrected chi connectivity index (χ1v) is 4.92. The van der Waals surface area contributed by atoms with Crippen LogP contribution in [-0.2, 0) is 9.59 Å². The van der Waals surface area contributed by atoms with E-state index < -0.39 is 11.9 Å². The van der Waals surface area contributed by atoms with Gasteiger partial charge in [0, 0.05) is 18.8 Å². The van der Waals surface area contributed by atoms with Crippen LogP contribution in [0.4, 0.5) is 0 Å². The molecule has 5 heteroatoms. The molecule has 0 aliphatic rings. The summed E-state index contributed by atoms with van der Waals surface area (Å²) in [5.74, 6) is -1.96. The summed E-state index contributed by atoms with van der Waals surface area (Å²) in [6.45, 7) is 12.6. The van der Waals surface area contributed by atoms with Gasteiger partial charge in [-0.05, 0) is 11.8 Å². The first-order chi connectivity index (χ1) is 7.60. The lowest BCUT2D eigenvalue weighted by Crippen LogP contribution is -2.06. The van der Waals surface area contributed by atoms with Crippen LogP contribution in [0, 0.1) is 5.41 Å². The van der Waals surface area contributed by atoms with Crippen LogP contribution in [0.25, 0.3) is 0 Å². The van der Waals surface area contributed by atoms with Crippen molar-refractivity contribution in [2.45, 2.75) is 27.2 Å². The fourth-order valence-corrected chi connectivity index (χ4v) is 0.335. The maximum atomic E-state index is 9.25. The minimum absolute atomic E-state index is 0.300. The van der Waals surface area contributed by atoms with Gasteiger partial charge in [-0.3, -0.25) is 0 Å². The van der Waals surface area contributed by atoms with Crippen molar-refractivity contribution in [1.29, 1.82) is 0 Å². The van der Waals surface area contributed by atoms with Crippen molar-refractivity contribution in [1.82, 2.24) is 0 Å². The molecule has 3 N–H and O–H groups in total. The number of carboxylic acid groups (broad SMARTS) is 2. The van der Waals surface area contributed by atoms with E-state index in [2.05, 4.69) is 33.9 Å². The van der Waals surface area contributed by atoms with Gasteiger partial charge in [-0.2, -0.15) is 0 Å². The molecule has 0 saturated heterocycles. The Hall–Kier alpha value is -1.62. The molecule has 100 valence electrons. The number of hydrogen-bond acceptors (Lipinski definition) is 3. The van der Waals surface area contributed by atoms with Gasteiger partial charge in [0.05, 0.1) is 0 Å². The van der Waals surface area contributed by atoms with Crippen molar-refractivity contribution in [2.24, 2.45) is 5.41 Å². The summed E-state index contributed by atoms with van der Waals surface area (Å²) in [4.78, 5) is 18.5. The fourth-order valence-electron chi connectivity index (χ4n) is 0.335. The molecule has 0 spiro atoms. The largest absolute Gasteiger partial charge is 0.478 e. The molecule has 0 aromatic carbocycles. The summed E-state index contributed by atoms with van der Waals surface area (Å²) in [6, 6.07) is 0. The average molecular weight is 246 g/mol. The van der Waals surface area contributed by atoms with Crippen LogP contribution in [0.3, 0.4) is 0 Å². The lowest BCUT2D eigenvalue weighted by atomic mass is 9.93. The van der Waals surface area contributed by atoms with Crippen molar-refractivity contribution in [3.8, 4) is 0 Å². The number of aliphatic hydroxyl groups excluding tert-OH is 1. The number of carbonyl (C=O) groups is 2. The minimum atomic E-state index is -0.981. The Morgan fingerprint density at radius 1 is 1.06 bits per heavy atom. The van der Waals surface area contributed by atoms with Gasteiger partial charge >= 0.3 is 11.9 Å². The normalized spacial score (nSPS) is 8.71. The smallest absolute Gasteiger partial charge is 0.327 e. The highest BCUT2D eigenvalue weighted by atomic mass is 16.4. The summed E-state index contributed by atoms with van der Waals surface area (Å²) in [5.41, 5.74) is 0.300. The molecule has 5 nitrogen and oxygen atoms in total. The molecular weight excluding hydrogens is 224 g/mol. The zero-order valence-corrected chi connectivity index (χ0v) is 10.6. The molecule has 0 atom stereocenters. The maximum absolute atomic E-state index is 9.25. The quantitative estimate of drug-likeness (QED) is 0.661. The van der Waals surface area contributed by atoms with Crippen LogP contribution in [0.5, 0.6) is 0 Å². The standard InChI is InChI=1S/C6H14O.2C3H4O2/c1-6(2,3)4-5-7;2*1-2-3(4)5/h7H,4-5H2,1-3H3;2*2H,1H2,(H,4,5). The van der Waals surface area contributed by atoms with E-state index >= 15 is 0 Å². The highest BCUT2D eigenvalue weighted by Gasteiger charge is 2.06. The van der Waals surface area contributed by atoms with Gasteiger partial charge in [-0.25, -0.2) is 9.59 Å². The fraction of sp³-hybridized carbons (Fsp3) is 0.500. The predicted molar refractivity (Wildman–Crippen MR) is 66.8 cm³/mol. The van der Waals surface area contributed by atoms with E-state index in [4.69, 9.17) is 15.3 Å². The number of aliphatic carboxylic acids is 2. The molecule has 0 unspecified atom stereocenters. The number of hydrogen-bond donors (Lipinski definition) is 3. The summed E-state index contributed by atoms with van der Waals surface area (Å²) >= 11 is 0. The second-order valence-electron chi connectivity index (χ2n) is 4.12. The van der Waals surface area contributed by atoms with E-state index in [9.17, 15) is 9.59 Å². The zero-order valence-electron chi connectivity index (χ0n) is 10.6. The van der Waals surface area contributed by atoms with Crippen LogP contribution < -0.4 is 0 Å². The lowest BCUT2D eigenvalue weighted by molar-refractivity contribution is -0.132. The Bertz CT molecular complexity index is 220. The Labute approximate surface area is 102 Å². The SMILES string of the molecule is C=CC(=O)O.C=CC(=O)O.CC(C)(C)CCO. The Morgan fingerprint density at radius 2 is 1.29 bits per heavy atom. The highest BCUT2D eigenvalue weighted by molar-refractivity contribution is 5.79. The van der Waals surface area contributed by atoms with Crippen LogP contribution in [0.15, 0.2) is 25.3 Å². The molecule has 0 amide bonds. The molecule has 0 saturated carbocycles. The van der Waals surface area contributed by atoms with Crippen LogP contribution in [0.1, 0.15) is 27.2 Å². The van der Waals surface area contributed by atoms with Crippen LogP contribution in [-0.4, -0.2) is 33.9 Å². The monoisotopic (exact) mass is 246 g/mol. The van der Waals surface area contributed by atoms with E-state index in [1.807, 2.05) is 0 Å². The Balaban J connectivity index is -0.000000177. The van der Waals surface area contributed by atoms with Gasteiger partial charge < -0.3 is 15.3 Å². The molecule has 0 heterocycles. The zero-order chi connectivity index (χ0) is 14.5. The number of carboxylic acids is 2. The molecule has 0 radical (unpaired) electrons. The summed E-state index contributed by atoms with van der Waals surface area (Å²) in [6.07, 6.45) is 2.56. The third kappa shape index (κ3) is 54.1. The van der Waals surface area contributed by atoms with Crippen molar-refractivity contribution < 1.29 is 24.9 Å². The lowest BCUT2D eigenvalue weighted by Gasteiger charge is -2.14. The van der Waals surface area contributed by atoms with Gasteiger partial charge in [-0.1, -0.05) is 33.9 Å². The molecule has 0 bridgehead atoms. The predicted octanol–water partition coefficient (Wildman–Crippen LogP) is 1.93. The molecule has 0 fully saturated rings. The highest BCUT2D eigenvalue weighted by Crippen LogP contribution is 2.16. The van der Waals surface area contributed by atoms with Crippen LogP contribution in [0.2, 0.25) is 0 Å². The van der Waals surface area contributed by atoms with Gasteiger partial charge in [-0.15, -0.1) is 0 Å². The van der Waals surface area contributed by atoms with Gasteiger partial charge in [0.25, 0.3) is 0 Å². The molecule has 0 rings (SSSR count). The number of rotatable bonds is 3. The van der Waals surface area contributed by atoms with Crippen molar-refractivity contribution in [2.75, 3.05) is 6.61 Å². The molecule has 0 aromatic rings. The summed E-state index contributed by atoms with van der Waals surface area (Å²) in [7, 11) is 0. The number of aliphatic hydroxyl groups is 1. The Morgan fingerprint density at radius 3 is 1.29 bits per heavy atom. The second-order valence-corrected chi connectivity index (χ2v) is 4.12. The van der Waals surface area contributed by atoms with E-state index in [1.54, 1.807) is 0 Å². The summed E-state index contributed by atoms with van der Waals surface area (Å²) < 4.78 is 0. The van der Waals surface area contributed by atoms with Crippen molar-refractivity contribution in [3.63, 3.8) is 0 Å². The third-order valence-corrected chi connectivity index (χ3v) is 1.21. The minimum Gasteiger partial charge on any atom is -0.478 e. The second kappa shape index (κ2) is 12.4. The molecule has 17 heavy (non-hydrogen) atoms. The van der Waals surface area contributed by atoms with Crippen molar-refractivity contribution >= 4 is 11.9 Å². The maximum Gasteiger partial charge on any atom is 0.327 e. The van der Waals surface area contributed by atoms with Gasteiger partial charge in [0.2, 0.25) is 0 Å². The first-order valence-electron chi connectivity index (χ1n) is 4.92. The van der Waals surface area contributed by atoms with E-state index in [0.717, 1.165) is 18.6 Å². The van der Waals surface area contributed by atoms with E-state index in [0.29, 0.717) is 12.0 Å². The molecular formula is C12H22O5. The first kappa shape index (κ1) is 20.8. The van der Waals surface area contributed by atoms with E-state index in [1.165, 1.54) is 0 Å². The van der Waals surface area contributed by atoms with E-state index in [-0.39, 0.29) is 0 Å².